The number of nitro benzene ring substituents is 1. The van der Waals surface area contributed by atoms with E-state index in [0.29, 0.717) is 0 Å². The zero-order chi connectivity index (χ0) is 22.7. The number of hydrogen-bond donors (Lipinski definition) is 0. The van der Waals surface area contributed by atoms with E-state index in [9.17, 15) is 10.1 Å². The van der Waals surface area contributed by atoms with Crippen molar-refractivity contribution in [3.63, 3.8) is 0 Å². The molecular formula is C25H20IN3O2S. The SMILES string of the molecule is Cc1cc(C=Nc2ccc(Sc3ccc([N+](=O)[O-])cc3)cc2)c(C)n1-c1ccc(I)cc1. The van der Waals surface area contributed by atoms with Crippen LogP contribution >= 0.6 is 34.4 Å². The smallest absolute Gasteiger partial charge is 0.269 e. The summed E-state index contributed by atoms with van der Waals surface area (Å²) in [6, 6.07) is 25.2. The van der Waals surface area contributed by atoms with E-state index in [-0.39, 0.29) is 10.6 Å². The molecule has 0 saturated heterocycles. The number of aromatic nitrogens is 1. The van der Waals surface area contributed by atoms with E-state index in [4.69, 9.17) is 0 Å². The molecule has 5 nitrogen and oxygen atoms in total. The lowest BCUT2D eigenvalue weighted by molar-refractivity contribution is -0.384. The summed E-state index contributed by atoms with van der Waals surface area (Å²) in [7, 11) is 0. The lowest BCUT2D eigenvalue weighted by Gasteiger charge is -2.09. The second-order valence-electron chi connectivity index (χ2n) is 7.24. The van der Waals surface area contributed by atoms with Crippen molar-refractivity contribution < 1.29 is 4.92 Å². The van der Waals surface area contributed by atoms with E-state index >= 15 is 0 Å². The number of aliphatic imine (C=N–C) groups is 1. The molecule has 32 heavy (non-hydrogen) atoms. The zero-order valence-electron chi connectivity index (χ0n) is 17.5. The number of rotatable bonds is 6. The third kappa shape index (κ3) is 5.11. The Bertz CT molecular complexity index is 1280. The minimum absolute atomic E-state index is 0.0976. The Labute approximate surface area is 204 Å². The molecule has 4 aromatic rings. The van der Waals surface area contributed by atoms with Gasteiger partial charge in [-0.25, -0.2) is 0 Å². The molecule has 0 aliphatic heterocycles. The van der Waals surface area contributed by atoms with Crippen molar-refractivity contribution in [2.45, 2.75) is 23.6 Å². The molecule has 0 amide bonds. The van der Waals surface area contributed by atoms with Crippen LogP contribution in [0.2, 0.25) is 0 Å². The van der Waals surface area contributed by atoms with Gasteiger partial charge >= 0.3 is 0 Å². The molecule has 4 rings (SSSR count). The molecule has 0 fully saturated rings. The number of aryl methyl sites for hydroxylation is 1. The number of non-ortho nitro benzene ring substituents is 1. The minimum Gasteiger partial charge on any atom is -0.318 e. The molecule has 0 saturated carbocycles. The van der Waals surface area contributed by atoms with Crippen LogP contribution in [0.5, 0.6) is 0 Å². The van der Waals surface area contributed by atoms with Gasteiger partial charge in [0.15, 0.2) is 0 Å². The molecule has 0 atom stereocenters. The van der Waals surface area contributed by atoms with Gasteiger partial charge in [-0.1, -0.05) is 11.8 Å². The predicted molar refractivity (Wildman–Crippen MR) is 139 cm³/mol. The number of nitro groups is 1. The van der Waals surface area contributed by atoms with Gasteiger partial charge in [0.25, 0.3) is 5.69 Å². The number of nitrogens with zero attached hydrogens (tertiary/aromatic N) is 3. The Morgan fingerprint density at radius 1 is 0.938 bits per heavy atom. The van der Waals surface area contributed by atoms with E-state index in [1.165, 1.54) is 21.4 Å². The first-order chi connectivity index (χ1) is 15.4. The van der Waals surface area contributed by atoms with Crippen molar-refractivity contribution >= 4 is 51.9 Å². The molecule has 0 aliphatic carbocycles. The van der Waals surface area contributed by atoms with E-state index < -0.39 is 0 Å². The summed E-state index contributed by atoms with van der Waals surface area (Å²) in [5.74, 6) is 0. The Hall–Kier alpha value is -2.91. The highest BCUT2D eigenvalue weighted by atomic mass is 127. The van der Waals surface area contributed by atoms with Crippen LogP contribution in [0.15, 0.2) is 93.6 Å². The summed E-state index contributed by atoms with van der Waals surface area (Å²) in [4.78, 5) is 17.1. The topological polar surface area (TPSA) is 60.4 Å². The van der Waals surface area contributed by atoms with E-state index in [2.05, 4.69) is 76.3 Å². The highest BCUT2D eigenvalue weighted by Gasteiger charge is 2.09. The molecule has 0 N–H and O–H groups in total. The normalized spacial score (nSPS) is 11.2. The van der Waals surface area contributed by atoms with Crippen LogP contribution in [0.4, 0.5) is 11.4 Å². The largest absolute Gasteiger partial charge is 0.318 e. The lowest BCUT2D eigenvalue weighted by atomic mass is 10.2. The standard InChI is InChI=1S/C25H20IN3O2S/c1-17-15-19(18(2)28(17)22-7-3-20(26)4-8-22)16-27-21-5-11-24(12-6-21)32-25-13-9-23(10-14-25)29(30)31/h3-16H,1-2H3. The summed E-state index contributed by atoms with van der Waals surface area (Å²) >= 11 is 3.87. The van der Waals surface area contributed by atoms with E-state index in [0.717, 1.165) is 32.4 Å². The van der Waals surface area contributed by atoms with Crippen LogP contribution in [0, 0.1) is 27.5 Å². The van der Waals surface area contributed by atoms with Gasteiger partial charge in [0.2, 0.25) is 0 Å². The zero-order valence-corrected chi connectivity index (χ0v) is 20.5. The summed E-state index contributed by atoms with van der Waals surface area (Å²) in [6.45, 7) is 4.21. The van der Waals surface area contributed by atoms with E-state index in [1.54, 1.807) is 23.9 Å². The van der Waals surface area contributed by atoms with Crippen LogP contribution < -0.4 is 0 Å². The number of hydrogen-bond acceptors (Lipinski definition) is 4. The Balaban J connectivity index is 1.48. The molecule has 160 valence electrons. The maximum Gasteiger partial charge on any atom is 0.269 e. The molecule has 0 spiro atoms. The fraction of sp³-hybridized carbons (Fsp3) is 0.0800. The van der Waals surface area contributed by atoms with Gasteiger partial charge in [0.1, 0.15) is 0 Å². The lowest BCUT2D eigenvalue weighted by Crippen LogP contribution is -1.99. The van der Waals surface area contributed by atoms with Gasteiger partial charge in [0.05, 0.1) is 10.6 Å². The van der Waals surface area contributed by atoms with Crippen molar-refractivity contribution in [2.24, 2.45) is 4.99 Å². The third-order valence-electron chi connectivity index (χ3n) is 5.03. The summed E-state index contributed by atoms with van der Waals surface area (Å²) in [5, 5.41) is 10.8. The quantitative estimate of drug-likeness (QED) is 0.108. The Morgan fingerprint density at radius 2 is 1.53 bits per heavy atom. The van der Waals surface area contributed by atoms with Crippen LogP contribution in [-0.2, 0) is 0 Å². The first kappa shape index (κ1) is 22.3. The fourth-order valence-corrected chi connectivity index (χ4v) is 4.60. The molecular weight excluding hydrogens is 533 g/mol. The van der Waals surface area contributed by atoms with Crippen LogP contribution in [0.3, 0.4) is 0 Å². The van der Waals surface area contributed by atoms with Crippen molar-refractivity contribution in [3.05, 3.63) is 109 Å². The molecule has 1 aromatic heterocycles. The average molecular weight is 553 g/mol. The maximum atomic E-state index is 10.8. The number of benzene rings is 3. The van der Waals surface area contributed by atoms with Gasteiger partial charge in [-0.05, 0) is 103 Å². The van der Waals surface area contributed by atoms with Crippen LogP contribution in [-0.4, -0.2) is 15.7 Å². The highest BCUT2D eigenvalue weighted by molar-refractivity contribution is 14.1. The molecule has 7 heteroatoms. The predicted octanol–water partition coefficient (Wildman–Crippen LogP) is 7.51. The Kier molecular flexibility index (Phi) is 6.76. The van der Waals surface area contributed by atoms with Gasteiger partial charge < -0.3 is 4.57 Å². The van der Waals surface area contributed by atoms with Gasteiger partial charge in [-0.2, -0.15) is 0 Å². The molecule has 0 bridgehead atoms. The van der Waals surface area contributed by atoms with Crippen molar-refractivity contribution in [3.8, 4) is 5.69 Å². The van der Waals surface area contributed by atoms with Crippen molar-refractivity contribution in [2.75, 3.05) is 0 Å². The van der Waals surface area contributed by atoms with Crippen molar-refractivity contribution in [1.29, 1.82) is 0 Å². The second kappa shape index (κ2) is 9.70. The maximum absolute atomic E-state index is 10.8. The third-order valence-corrected chi connectivity index (χ3v) is 6.76. The van der Waals surface area contributed by atoms with Crippen LogP contribution in [0.25, 0.3) is 5.69 Å². The molecule has 3 aromatic carbocycles. The molecule has 0 unspecified atom stereocenters. The minimum atomic E-state index is -0.390. The van der Waals surface area contributed by atoms with Crippen LogP contribution in [0.1, 0.15) is 17.0 Å². The Morgan fingerprint density at radius 3 is 2.12 bits per heavy atom. The van der Waals surface area contributed by atoms with Crippen molar-refractivity contribution in [1.82, 2.24) is 4.57 Å². The average Bonchev–Trinajstić information content (AvgIpc) is 3.07. The fourth-order valence-electron chi connectivity index (χ4n) is 3.42. The van der Waals surface area contributed by atoms with Gasteiger partial charge in [-0.15, -0.1) is 0 Å². The second-order valence-corrected chi connectivity index (χ2v) is 9.64. The first-order valence-electron chi connectivity index (χ1n) is 9.92. The van der Waals surface area contributed by atoms with Gasteiger partial charge in [-0.3, -0.25) is 15.1 Å². The summed E-state index contributed by atoms with van der Waals surface area (Å²) in [6.07, 6.45) is 1.91. The molecule has 0 radical (unpaired) electrons. The summed E-state index contributed by atoms with van der Waals surface area (Å²) < 4.78 is 3.45. The molecule has 1 heterocycles. The van der Waals surface area contributed by atoms with Gasteiger partial charge in [0, 0.05) is 54.3 Å². The van der Waals surface area contributed by atoms with E-state index in [1.807, 2.05) is 30.5 Å². The molecule has 0 aliphatic rings. The highest BCUT2D eigenvalue weighted by Crippen LogP contribution is 2.30. The summed E-state index contributed by atoms with van der Waals surface area (Å²) in [5.41, 5.74) is 5.52. The monoisotopic (exact) mass is 553 g/mol. The first-order valence-corrected chi connectivity index (χ1v) is 11.8. The number of halogens is 1.